The molecule has 4 rings (SSSR count). The lowest BCUT2D eigenvalue weighted by atomic mass is 10.2. The van der Waals surface area contributed by atoms with E-state index in [1.54, 1.807) is 72.8 Å². The summed E-state index contributed by atoms with van der Waals surface area (Å²) in [5.41, 5.74) is 4.15. The molecule has 4 aromatic rings. The van der Waals surface area contributed by atoms with Crippen molar-refractivity contribution >= 4 is 67.5 Å². The van der Waals surface area contributed by atoms with Gasteiger partial charge < -0.3 is 15.4 Å². The summed E-state index contributed by atoms with van der Waals surface area (Å²) in [6.07, 6.45) is 3.18. The van der Waals surface area contributed by atoms with Crippen LogP contribution in [0.5, 0.6) is 5.75 Å². The molecule has 0 saturated heterocycles. The van der Waals surface area contributed by atoms with Gasteiger partial charge in [-0.05, 0) is 79.2 Å². The Balaban J connectivity index is 1.48. The van der Waals surface area contributed by atoms with Gasteiger partial charge in [-0.25, -0.2) is 4.68 Å². The first-order valence-electron chi connectivity index (χ1n) is 12.1. The number of nitrogens with one attached hydrogen (secondary N) is 3. The van der Waals surface area contributed by atoms with Crippen molar-refractivity contribution in [3.63, 3.8) is 0 Å². The second kappa shape index (κ2) is 12.6. The van der Waals surface area contributed by atoms with Gasteiger partial charge in [0.05, 0.1) is 12.1 Å². The fourth-order valence-electron chi connectivity index (χ4n) is 3.72. The molecule has 0 radical (unpaired) electrons. The van der Waals surface area contributed by atoms with Crippen molar-refractivity contribution in [2.75, 3.05) is 22.7 Å². The predicted molar refractivity (Wildman–Crippen MR) is 154 cm³/mol. The molecule has 1 heterocycles. The number of aromatic nitrogens is 1. The third-order valence-electron chi connectivity index (χ3n) is 5.65. The zero-order valence-corrected chi connectivity index (χ0v) is 22.9. The smallest absolute Gasteiger partial charge is 0.328 e. The highest BCUT2D eigenvalue weighted by atomic mass is 79.9. The quantitative estimate of drug-likeness (QED) is 0.150. The third-order valence-corrected chi connectivity index (χ3v) is 6.41. The van der Waals surface area contributed by atoms with E-state index in [1.807, 2.05) is 0 Å². The number of unbranched alkanes of at least 4 members (excludes halogenated alkanes) is 2. The number of fused-ring (bicyclic) bond motifs is 1. The summed E-state index contributed by atoms with van der Waals surface area (Å²) < 4.78 is 7.81. The number of halogens is 2. The number of anilines is 2. The number of rotatable bonds is 9. The molecule has 0 saturated carbocycles. The van der Waals surface area contributed by atoms with Crippen molar-refractivity contribution in [1.82, 2.24) is 4.68 Å². The maximum atomic E-state index is 13.1. The largest absolute Gasteiger partial charge is 0.494 e. The molecule has 0 aliphatic rings. The molecule has 0 atom stereocenters. The molecule has 0 aliphatic carbocycles. The van der Waals surface area contributed by atoms with Crippen molar-refractivity contribution in [2.45, 2.75) is 26.2 Å². The molecule has 3 aromatic carbocycles. The van der Waals surface area contributed by atoms with Crippen molar-refractivity contribution in [3.05, 3.63) is 88.0 Å². The maximum absolute atomic E-state index is 13.1. The standard InChI is InChI=1S/C28H26BrClN4O4/c1-2-3-4-15-38-23-12-10-22(11-13-23)32-27(36)28(37)33-34-24-14-7-20(30)16-18(24)17-25(34)26(35)31-21-8-5-19(29)6-9-21/h5-14,16-17H,2-4,15H2,1H3,(H,31,35)(H,32,36)(H,33,37). The summed E-state index contributed by atoms with van der Waals surface area (Å²) in [5.74, 6) is -1.64. The molecular formula is C28H26BrClN4O4. The van der Waals surface area contributed by atoms with E-state index in [0.29, 0.717) is 39.7 Å². The molecule has 0 bridgehead atoms. The second-order valence-corrected chi connectivity index (χ2v) is 9.86. The van der Waals surface area contributed by atoms with Crippen LogP contribution in [0.15, 0.2) is 77.3 Å². The zero-order valence-electron chi connectivity index (χ0n) is 20.6. The van der Waals surface area contributed by atoms with Gasteiger partial charge in [0.15, 0.2) is 0 Å². The predicted octanol–water partition coefficient (Wildman–Crippen LogP) is 6.59. The molecule has 0 spiro atoms. The summed E-state index contributed by atoms with van der Waals surface area (Å²) >= 11 is 9.49. The van der Waals surface area contributed by atoms with Crippen LogP contribution in [-0.4, -0.2) is 29.0 Å². The normalized spacial score (nSPS) is 10.7. The summed E-state index contributed by atoms with van der Waals surface area (Å²) in [5, 5.41) is 6.44. The average Bonchev–Trinajstić information content (AvgIpc) is 3.26. The van der Waals surface area contributed by atoms with E-state index >= 15 is 0 Å². The van der Waals surface area contributed by atoms with Gasteiger partial charge in [-0.2, -0.15) is 0 Å². The van der Waals surface area contributed by atoms with E-state index in [9.17, 15) is 14.4 Å². The minimum Gasteiger partial charge on any atom is -0.494 e. The van der Waals surface area contributed by atoms with Gasteiger partial charge in [0, 0.05) is 26.3 Å². The van der Waals surface area contributed by atoms with Crippen LogP contribution in [0.3, 0.4) is 0 Å². The Morgan fingerprint density at radius 2 is 1.55 bits per heavy atom. The van der Waals surface area contributed by atoms with Gasteiger partial charge in [0.25, 0.3) is 5.91 Å². The Morgan fingerprint density at radius 3 is 2.26 bits per heavy atom. The molecule has 10 heteroatoms. The van der Waals surface area contributed by atoms with Crippen LogP contribution in [0.25, 0.3) is 10.9 Å². The van der Waals surface area contributed by atoms with Gasteiger partial charge in [-0.3, -0.25) is 19.8 Å². The van der Waals surface area contributed by atoms with Crippen LogP contribution in [0, 0.1) is 0 Å². The number of carbonyl (C=O) groups excluding carboxylic acids is 3. The van der Waals surface area contributed by atoms with Crippen molar-refractivity contribution < 1.29 is 19.1 Å². The summed E-state index contributed by atoms with van der Waals surface area (Å²) in [7, 11) is 0. The van der Waals surface area contributed by atoms with Gasteiger partial charge in [-0.15, -0.1) is 0 Å². The Bertz CT molecular complexity index is 1450. The second-order valence-electron chi connectivity index (χ2n) is 8.50. The topological polar surface area (TPSA) is 101 Å². The fraction of sp³-hybridized carbons (Fsp3) is 0.179. The minimum atomic E-state index is -0.949. The highest BCUT2D eigenvalue weighted by molar-refractivity contribution is 9.10. The number of nitrogens with zero attached hydrogens (tertiary/aromatic N) is 1. The van der Waals surface area contributed by atoms with Crippen LogP contribution in [0.1, 0.15) is 36.7 Å². The first-order chi connectivity index (χ1) is 18.3. The molecule has 8 nitrogen and oxygen atoms in total. The number of hydrogen-bond acceptors (Lipinski definition) is 4. The first kappa shape index (κ1) is 27.2. The molecule has 0 fully saturated rings. The van der Waals surface area contributed by atoms with Crippen LogP contribution in [0.2, 0.25) is 5.02 Å². The molecule has 3 N–H and O–H groups in total. The summed E-state index contributed by atoms with van der Waals surface area (Å²) in [6.45, 7) is 2.75. The average molecular weight is 598 g/mol. The van der Waals surface area contributed by atoms with Crippen LogP contribution in [-0.2, 0) is 9.59 Å². The first-order valence-corrected chi connectivity index (χ1v) is 13.2. The number of ether oxygens (including phenoxy) is 1. The van der Waals surface area contributed by atoms with Gasteiger partial charge in [0.2, 0.25) is 0 Å². The molecule has 196 valence electrons. The maximum Gasteiger partial charge on any atom is 0.328 e. The fourth-order valence-corrected chi connectivity index (χ4v) is 4.16. The minimum absolute atomic E-state index is 0.121. The number of hydrogen-bond donors (Lipinski definition) is 3. The molecular weight excluding hydrogens is 572 g/mol. The highest BCUT2D eigenvalue weighted by Gasteiger charge is 2.21. The number of benzene rings is 3. The van der Waals surface area contributed by atoms with E-state index in [-0.39, 0.29) is 5.69 Å². The zero-order chi connectivity index (χ0) is 27.1. The Labute approximate surface area is 233 Å². The lowest BCUT2D eigenvalue weighted by Gasteiger charge is -2.13. The molecule has 3 amide bonds. The molecule has 0 aliphatic heterocycles. The van der Waals surface area contributed by atoms with Gasteiger partial charge >= 0.3 is 11.8 Å². The van der Waals surface area contributed by atoms with Gasteiger partial charge in [-0.1, -0.05) is 47.3 Å². The van der Waals surface area contributed by atoms with Crippen LogP contribution < -0.4 is 20.8 Å². The monoisotopic (exact) mass is 596 g/mol. The van der Waals surface area contributed by atoms with E-state index in [1.165, 1.54) is 4.68 Å². The summed E-state index contributed by atoms with van der Waals surface area (Å²) in [4.78, 5) is 38.6. The van der Waals surface area contributed by atoms with Crippen molar-refractivity contribution in [3.8, 4) is 5.75 Å². The van der Waals surface area contributed by atoms with Crippen LogP contribution >= 0.6 is 27.5 Å². The lowest BCUT2D eigenvalue weighted by molar-refractivity contribution is -0.133. The van der Waals surface area contributed by atoms with E-state index < -0.39 is 17.7 Å². The van der Waals surface area contributed by atoms with Crippen molar-refractivity contribution in [1.29, 1.82) is 0 Å². The lowest BCUT2D eigenvalue weighted by Crippen LogP contribution is -2.36. The Kier molecular flexibility index (Phi) is 9.04. The van der Waals surface area contributed by atoms with Crippen LogP contribution in [0.4, 0.5) is 11.4 Å². The highest BCUT2D eigenvalue weighted by Crippen LogP contribution is 2.24. The molecule has 38 heavy (non-hydrogen) atoms. The SMILES string of the molecule is CCCCCOc1ccc(NC(=O)C(=O)Nn2c(C(=O)Nc3ccc(Br)cc3)cc3cc(Cl)ccc32)cc1. The molecule has 1 aromatic heterocycles. The van der Waals surface area contributed by atoms with E-state index in [0.717, 1.165) is 23.7 Å². The Hall–Kier alpha value is -3.82. The van der Waals surface area contributed by atoms with E-state index in [2.05, 4.69) is 38.9 Å². The van der Waals surface area contributed by atoms with E-state index in [4.69, 9.17) is 16.3 Å². The van der Waals surface area contributed by atoms with Gasteiger partial charge in [0.1, 0.15) is 11.4 Å². The molecule has 0 unspecified atom stereocenters. The van der Waals surface area contributed by atoms with Crippen molar-refractivity contribution in [2.24, 2.45) is 0 Å². The summed E-state index contributed by atoms with van der Waals surface area (Å²) in [6, 6.07) is 20.4. The third kappa shape index (κ3) is 6.93. The Morgan fingerprint density at radius 1 is 0.868 bits per heavy atom. The number of carbonyl (C=O) groups is 3. The number of amides is 3.